The molecule has 0 atom stereocenters. The van der Waals surface area contributed by atoms with E-state index in [1.54, 1.807) is 19.1 Å². The molecular formula is C22H18ClIN2O7. The number of nitrogens with one attached hydrogen (secondary N) is 1. The van der Waals surface area contributed by atoms with Crippen LogP contribution >= 0.6 is 34.2 Å². The van der Waals surface area contributed by atoms with E-state index in [1.165, 1.54) is 37.5 Å². The van der Waals surface area contributed by atoms with Crippen molar-refractivity contribution >= 4 is 69.8 Å². The molecule has 0 aliphatic carbocycles. The molecule has 1 fully saturated rings. The van der Waals surface area contributed by atoms with Crippen LogP contribution in [0.25, 0.3) is 6.08 Å². The highest BCUT2D eigenvalue weighted by Crippen LogP contribution is 2.35. The van der Waals surface area contributed by atoms with Gasteiger partial charge in [-0.1, -0.05) is 11.6 Å². The number of rotatable bonds is 7. The second-order valence-corrected chi connectivity index (χ2v) is 8.16. The minimum absolute atomic E-state index is 0.244. The summed E-state index contributed by atoms with van der Waals surface area (Å²) in [5, 5.41) is 2.60. The number of anilines is 1. The first-order valence-electron chi connectivity index (χ1n) is 9.58. The van der Waals surface area contributed by atoms with Crippen LogP contribution in [0, 0.1) is 3.57 Å². The SMILES string of the molecule is CCOc1cc(/C=C2\C(=O)NC(=O)N(c3ccc(Cl)cc3)C2=O)cc(I)c1OCC(=O)OC. The molecule has 172 valence electrons. The molecule has 33 heavy (non-hydrogen) atoms. The zero-order chi connectivity index (χ0) is 24.1. The number of hydrogen-bond acceptors (Lipinski definition) is 7. The minimum atomic E-state index is -0.861. The Hall–Kier alpha value is -3.12. The Kier molecular flexibility index (Phi) is 7.92. The van der Waals surface area contributed by atoms with E-state index in [0.717, 1.165) is 4.90 Å². The molecule has 0 radical (unpaired) electrons. The Morgan fingerprint density at radius 2 is 1.85 bits per heavy atom. The van der Waals surface area contributed by atoms with Gasteiger partial charge in [0, 0.05) is 5.02 Å². The molecule has 4 amide bonds. The molecular weight excluding hydrogens is 567 g/mol. The van der Waals surface area contributed by atoms with E-state index in [9.17, 15) is 19.2 Å². The molecule has 9 nitrogen and oxygen atoms in total. The number of halogens is 2. The summed E-state index contributed by atoms with van der Waals surface area (Å²) in [5.74, 6) is -1.54. The van der Waals surface area contributed by atoms with Crippen LogP contribution in [0.4, 0.5) is 10.5 Å². The monoisotopic (exact) mass is 584 g/mol. The van der Waals surface area contributed by atoms with Gasteiger partial charge in [-0.15, -0.1) is 0 Å². The average Bonchev–Trinajstić information content (AvgIpc) is 2.77. The largest absolute Gasteiger partial charge is 0.490 e. The van der Waals surface area contributed by atoms with Crippen molar-refractivity contribution in [3.8, 4) is 11.5 Å². The van der Waals surface area contributed by atoms with Gasteiger partial charge < -0.3 is 14.2 Å². The maximum absolute atomic E-state index is 13.0. The van der Waals surface area contributed by atoms with Gasteiger partial charge in [0.1, 0.15) is 5.57 Å². The predicted octanol–water partition coefficient (Wildman–Crippen LogP) is 3.56. The number of imide groups is 2. The molecule has 11 heteroatoms. The smallest absolute Gasteiger partial charge is 0.343 e. The van der Waals surface area contributed by atoms with Crippen LogP contribution in [0.15, 0.2) is 42.0 Å². The number of carbonyl (C=O) groups excluding carboxylic acids is 4. The topological polar surface area (TPSA) is 111 Å². The highest BCUT2D eigenvalue weighted by atomic mass is 127. The van der Waals surface area contributed by atoms with E-state index in [0.29, 0.717) is 32.3 Å². The maximum atomic E-state index is 13.0. The first-order valence-corrected chi connectivity index (χ1v) is 11.0. The van der Waals surface area contributed by atoms with E-state index in [2.05, 4.69) is 10.1 Å². The lowest BCUT2D eigenvalue weighted by Gasteiger charge is -2.26. The van der Waals surface area contributed by atoms with E-state index >= 15 is 0 Å². The Labute approximate surface area is 207 Å². The Bertz CT molecular complexity index is 1150. The molecule has 1 saturated heterocycles. The van der Waals surface area contributed by atoms with Crippen LogP contribution in [-0.2, 0) is 19.1 Å². The molecule has 0 saturated carbocycles. The Morgan fingerprint density at radius 1 is 1.15 bits per heavy atom. The number of methoxy groups -OCH3 is 1. The van der Waals surface area contributed by atoms with Crippen molar-refractivity contribution in [3.63, 3.8) is 0 Å². The molecule has 2 aromatic rings. The number of carbonyl (C=O) groups is 4. The van der Waals surface area contributed by atoms with Crippen LogP contribution in [0.5, 0.6) is 11.5 Å². The van der Waals surface area contributed by atoms with Gasteiger partial charge in [0.25, 0.3) is 11.8 Å². The third-order valence-corrected chi connectivity index (χ3v) is 5.44. The fourth-order valence-electron chi connectivity index (χ4n) is 2.91. The van der Waals surface area contributed by atoms with Crippen LogP contribution in [-0.4, -0.2) is 44.1 Å². The highest BCUT2D eigenvalue weighted by molar-refractivity contribution is 14.1. The van der Waals surface area contributed by atoms with E-state index in [1.807, 2.05) is 22.6 Å². The van der Waals surface area contributed by atoms with Gasteiger partial charge in [0.2, 0.25) is 0 Å². The van der Waals surface area contributed by atoms with Gasteiger partial charge in [-0.05, 0) is 77.6 Å². The van der Waals surface area contributed by atoms with E-state index in [4.69, 9.17) is 21.1 Å². The molecule has 0 spiro atoms. The van der Waals surface area contributed by atoms with Crippen molar-refractivity contribution in [1.29, 1.82) is 0 Å². The third-order valence-electron chi connectivity index (χ3n) is 4.39. The van der Waals surface area contributed by atoms with Crippen LogP contribution in [0.3, 0.4) is 0 Å². The molecule has 0 bridgehead atoms. The van der Waals surface area contributed by atoms with Crippen LogP contribution in [0.2, 0.25) is 5.02 Å². The number of barbiturate groups is 1. The molecule has 1 aliphatic rings. The van der Waals surface area contributed by atoms with Gasteiger partial charge in [-0.3, -0.25) is 14.9 Å². The molecule has 1 N–H and O–H groups in total. The number of hydrogen-bond donors (Lipinski definition) is 1. The molecule has 2 aromatic carbocycles. The lowest BCUT2D eigenvalue weighted by atomic mass is 10.1. The Morgan fingerprint density at radius 3 is 2.48 bits per heavy atom. The molecule has 1 aliphatic heterocycles. The first-order chi connectivity index (χ1) is 15.7. The number of esters is 1. The fraction of sp³-hybridized carbons (Fsp3) is 0.182. The summed E-state index contributed by atoms with van der Waals surface area (Å²) in [4.78, 5) is 50.1. The molecule has 3 rings (SSSR count). The quantitative estimate of drug-likeness (QED) is 0.229. The number of urea groups is 1. The summed E-state index contributed by atoms with van der Waals surface area (Å²) >= 11 is 7.87. The van der Waals surface area contributed by atoms with Gasteiger partial charge in [-0.25, -0.2) is 14.5 Å². The van der Waals surface area contributed by atoms with Crippen molar-refractivity contribution in [2.75, 3.05) is 25.2 Å². The van der Waals surface area contributed by atoms with Crippen molar-refractivity contribution in [2.45, 2.75) is 6.92 Å². The number of amides is 4. The molecule has 0 aromatic heterocycles. The lowest BCUT2D eigenvalue weighted by Crippen LogP contribution is -2.54. The van der Waals surface area contributed by atoms with Crippen LogP contribution < -0.4 is 19.7 Å². The first kappa shape index (κ1) is 24.5. The second-order valence-electron chi connectivity index (χ2n) is 6.56. The maximum Gasteiger partial charge on any atom is 0.343 e. The molecule has 1 heterocycles. The van der Waals surface area contributed by atoms with Crippen LogP contribution in [0.1, 0.15) is 12.5 Å². The summed E-state index contributed by atoms with van der Waals surface area (Å²) in [5.41, 5.74) is 0.472. The van der Waals surface area contributed by atoms with Crippen molar-refractivity contribution < 1.29 is 33.4 Å². The second kappa shape index (κ2) is 10.7. The number of nitrogens with zero attached hydrogens (tertiary/aromatic N) is 1. The summed E-state index contributed by atoms with van der Waals surface area (Å²) in [7, 11) is 1.25. The van der Waals surface area contributed by atoms with E-state index < -0.39 is 23.8 Å². The summed E-state index contributed by atoms with van der Waals surface area (Å²) in [6.07, 6.45) is 1.35. The molecule has 0 unspecified atom stereocenters. The highest BCUT2D eigenvalue weighted by Gasteiger charge is 2.36. The minimum Gasteiger partial charge on any atom is -0.490 e. The lowest BCUT2D eigenvalue weighted by molar-refractivity contribution is -0.143. The third kappa shape index (κ3) is 5.63. The Balaban J connectivity index is 1.98. The normalized spacial score (nSPS) is 14.8. The van der Waals surface area contributed by atoms with Gasteiger partial charge in [0.05, 0.1) is 23.0 Å². The summed E-state index contributed by atoms with van der Waals surface area (Å²) in [6.45, 7) is 1.77. The van der Waals surface area contributed by atoms with Crippen molar-refractivity contribution in [1.82, 2.24) is 5.32 Å². The van der Waals surface area contributed by atoms with Gasteiger partial charge in [0.15, 0.2) is 18.1 Å². The van der Waals surface area contributed by atoms with Crippen molar-refractivity contribution in [2.24, 2.45) is 0 Å². The van der Waals surface area contributed by atoms with E-state index in [-0.39, 0.29) is 17.9 Å². The number of ether oxygens (including phenoxy) is 3. The zero-order valence-corrected chi connectivity index (χ0v) is 20.4. The zero-order valence-electron chi connectivity index (χ0n) is 17.5. The predicted molar refractivity (Wildman–Crippen MR) is 128 cm³/mol. The fourth-order valence-corrected chi connectivity index (χ4v) is 3.82. The summed E-state index contributed by atoms with van der Waals surface area (Å²) < 4.78 is 16.3. The van der Waals surface area contributed by atoms with Crippen molar-refractivity contribution in [3.05, 3.63) is 56.1 Å². The standard InChI is InChI=1S/C22H18ClIN2O7/c1-3-32-17-10-12(9-16(24)19(17)33-11-18(27)31-2)8-15-20(28)25-22(30)26(21(15)29)14-6-4-13(23)5-7-14/h4-10H,3,11H2,1-2H3,(H,25,28,30)/b15-8+. The average molecular weight is 585 g/mol. The number of benzene rings is 2. The van der Waals surface area contributed by atoms with Gasteiger partial charge >= 0.3 is 12.0 Å². The van der Waals surface area contributed by atoms with Gasteiger partial charge in [-0.2, -0.15) is 0 Å². The summed E-state index contributed by atoms with van der Waals surface area (Å²) in [6, 6.07) is 8.40.